The molecule has 1 unspecified atom stereocenters. The van der Waals surface area contributed by atoms with Gasteiger partial charge in [0.05, 0.1) is 25.2 Å². The zero-order valence-electron chi connectivity index (χ0n) is 19.8. The van der Waals surface area contributed by atoms with E-state index in [-0.39, 0.29) is 30.9 Å². The molecule has 174 valence electrons. The second kappa shape index (κ2) is 20.4. The van der Waals surface area contributed by atoms with Gasteiger partial charge in [-0.25, -0.2) is 0 Å². The van der Waals surface area contributed by atoms with Crippen molar-refractivity contribution in [2.75, 3.05) is 19.8 Å². The summed E-state index contributed by atoms with van der Waals surface area (Å²) in [5, 5.41) is 8.58. The van der Waals surface area contributed by atoms with Gasteiger partial charge in [0.2, 0.25) is 0 Å². The molecule has 0 spiro atoms. The molecular formula is C24H43NO5. The van der Waals surface area contributed by atoms with E-state index in [0.717, 1.165) is 31.2 Å². The van der Waals surface area contributed by atoms with Gasteiger partial charge in [-0.1, -0.05) is 52.7 Å². The fourth-order valence-corrected chi connectivity index (χ4v) is 2.62. The number of nitrogens with two attached hydrogens (primary N) is 1. The van der Waals surface area contributed by atoms with E-state index in [1.54, 1.807) is 12.1 Å². The number of ketones is 1. The summed E-state index contributed by atoms with van der Waals surface area (Å²) >= 11 is 0. The first-order valence-electron chi connectivity index (χ1n) is 11.1. The largest absolute Gasteiger partial charge is 0.491 e. The van der Waals surface area contributed by atoms with E-state index in [1.807, 2.05) is 32.9 Å². The van der Waals surface area contributed by atoms with E-state index in [2.05, 4.69) is 13.8 Å². The maximum atomic E-state index is 11.3. The monoisotopic (exact) mass is 425 g/mol. The van der Waals surface area contributed by atoms with Crippen LogP contribution in [0.5, 0.6) is 5.75 Å². The molecule has 1 rings (SSSR count). The Labute approximate surface area is 183 Å². The number of ether oxygens (including phenoxy) is 2. The van der Waals surface area contributed by atoms with Crippen molar-refractivity contribution >= 4 is 11.8 Å². The van der Waals surface area contributed by atoms with Crippen LogP contribution in [0.15, 0.2) is 24.3 Å². The fourth-order valence-electron chi connectivity index (χ4n) is 2.62. The zero-order chi connectivity index (χ0) is 23.4. The average Bonchev–Trinajstić information content (AvgIpc) is 2.75. The van der Waals surface area contributed by atoms with Gasteiger partial charge in [-0.3, -0.25) is 9.59 Å². The SMILES string of the molecule is CC.CC(=O)C(N)Cc1ccc(OCCO)cc1.CCCC(CCC)C(=O)OCC. The maximum absolute atomic E-state index is 11.3. The summed E-state index contributed by atoms with van der Waals surface area (Å²) in [4.78, 5) is 22.3. The molecule has 0 amide bonds. The molecule has 0 aliphatic carbocycles. The number of hydrogen-bond acceptors (Lipinski definition) is 6. The van der Waals surface area contributed by atoms with Gasteiger partial charge in [-0.05, 0) is 50.8 Å². The number of rotatable bonds is 12. The molecule has 0 heterocycles. The first-order chi connectivity index (χ1) is 14.4. The topological polar surface area (TPSA) is 98.9 Å². The molecule has 0 aliphatic heterocycles. The Hall–Kier alpha value is -1.92. The van der Waals surface area contributed by atoms with Gasteiger partial charge in [0.25, 0.3) is 0 Å². The lowest BCUT2D eigenvalue weighted by molar-refractivity contribution is -0.148. The van der Waals surface area contributed by atoms with E-state index < -0.39 is 6.04 Å². The summed E-state index contributed by atoms with van der Waals surface area (Å²) in [7, 11) is 0. The third-order valence-corrected chi connectivity index (χ3v) is 4.16. The zero-order valence-corrected chi connectivity index (χ0v) is 19.8. The molecule has 0 saturated heterocycles. The Balaban J connectivity index is 0. The molecule has 30 heavy (non-hydrogen) atoms. The Bertz CT molecular complexity index is 539. The Morgan fingerprint density at radius 3 is 1.97 bits per heavy atom. The number of carbonyl (C=O) groups is 2. The molecule has 0 fully saturated rings. The molecular weight excluding hydrogens is 382 g/mol. The molecule has 3 N–H and O–H groups in total. The second-order valence-corrected chi connectivity index (χ2v) is 6.66. The van der Waals surface area contributed by atoms with Crippen LogP contribution in [0.2, 0.25) is 0 Å². The molecule has 0 aliphatic rings. The minimum absolute atomic E-state index is 0.00301. The summed E-state index contributed by atoms with van der Waals surface area (Å²) in [5.74, 6) is 0.816. The van der Waals surface area contributed by atoms with Crippen molar-refractivity contribution in [3.05, 3.63) is 29.8 Å². The summed E-state index contributed by atoms with van der Waals surface area (Å²) in [6.45, 7) is 12.3. The van der Waals surface area contributed by atoms with Gasteiger partial charge in [0, 0.05) is 0 Å². The van der Waals surface area contributed by atoms with E-state index in [1.165, 1.54) is 6.92 Å². The van der Waals surface area contributed by atoms with Crippen molar-refractivity contribution < 1.29 is 24.2 Å². The van der Waals surface area contributed by atoms with E-state index in [4.69, 9.17) is 20.3 Å². The van der Waals surface area contributed by atoms with Crippen LogP contribution in [0, 0.1) is 5.92 Å². The van der Waals surface area contributed by atoms with Crippen molar-refractivity contribution in [2.45, 2.75) is 79.7 Å². The van der Waals surface area contributed by atoms with Crippen LogP contribution in [-0.2, 0) is 20.7 Å². The smallest absolute Gasteiger partial charge is 0.308 e. The summed E-state index contributed by atoms with van der Waals surface area (Å²) in [6, 6.07) is 6.91. The Kier molecular flexibility index (Phi) is 20.5. The second-order valence-electron chi connectivity index (χ2n) is 6.66. The molecule has 0 saturated carbocycles. The molecule has 1 atom stereocenters. The predicted molar refractivity (Wildman–Crippen MR) is 123 cm³/mol. The quantitative estimate of drug-likeness (QED) is 0.484. The van der Waals surface area contributed by atoms with E-state index in [9.17, 15) is 9.59 Å². The van der Waals surface area contributed by atoms with Crippen LogP contribution in [0.4, 0.5) is 0 Å². The highest BCUT2D eigenvalue weighted by Crippen LogP contribution is 2.15. The van der Waals surface area contributed by atoms with Crippen LogP contribution in [0.3, 0.4) is 0 Å². The van der Waals surface area contributed by atoms with Crippen molar-refractivity contribution in [1.29, 1.82) is 0 Å². The van der Waals surface area contributed by atoms with Crippen LogP contribution >= 0.6 is 0 Å². The molecule has 0 aromatic heterocycles. The maximum Gasteiger partial charge on any atom is 0.308 e. The van der Waals surface area contributed by atoms with Gasteiger partial charge in [0.15, 0.2) is 0 Å². The normalized spacial score (nSPS) is 10.8. The number of esters is 1. The van der Waals surface area contributed by atoms with E-state index in [0.29, 0.717) is 18.8 Å². The lowest BCUT2D eigenvalue weighted by atomic mass is 9.99. The number of carbonyl (C=O) groups excluding carboxylic acids is 2. The third kappa shape index (κ3) is 15.0. The van der Waals surface area contributed by atoms with Crippen LogP contribution in [0.1, 0.15) is 72.8 Å². The highest BCUT2D eigenvalue weighted by Gasteiger charge is 2.16. The predicted octanol–water partition coefficient (Wildman–Crippen LogP) is 4.31. The molecule has 6 nitrogen and oxygen atoms in total. The van der Waals surface area contributed by atoms with Gasteiger partial charge in [-0.15, -0.1) is 0 Å². The lowest BCUT2D eigenvalue weighted by Gasteiger charge is -2.12. The molecule has 0 bridgehead atoms. The van der Waals surface area contributed by atoms with Gasteiger partial charge < -0.3 is 20.3 Å². The van der Waals surface area contributed by atoms with Crippen molar-refractivity contribution in [3.63, 3.8) is 0 Å². The highest BCUT2D eigenvalue weighted by molar-refractivity contribution is 5.81. The minimum Gasteiger partial charge on any atom is -0.491 e. The minimum atomic E-state index is -0.441. The Morgan fingerprint density at radius 1 is 1.03 bits per heavy atom. The number of benzene rings is 1. The first-order valence-corrected chi connectivity index (χ1v) is 11.1. The molecule has 1 aromatic rings. The van der Waals surface area contributed by atoms with Gasteiger partial charge >= 0.3 is 5.97 Å². The van der Waals surface area contributed by atoms with Crippen LogP contribution < -0.4 is 10.5 Å². The first kappa shape index (κ1) is 30.3. The van der Waals surface area contributed by atoms with Crippen molar-refractivity contribution in [2.24, 2.45) is 11.7 Å². The average molecular weight is 426 g/mol. The third-order valence-electron chi connectivity index (χ3n) is 4.16. The highest BCUT2D eigenvalue weighted by atomic mass is 16.5. The van der Waals surface area contributed by atoms with Crippen molar-refractivity contribution in [3.8, 4) is 5.75 Å². The standard InChI is InChI=1S/C12H17NO3.C10H20O2.C2H6/c1-9(15)12(13)8-10-2-4-11(5-3-10)16-7-6-14;1-4-7-9(8-5-2)10(11)12-6-3;1-2/h2-5,12,14H,6-8,13H2,1H3;9H,4-8H2,1-3H3;1-2H3. The summed E-state index contributed by atoms with van der Waals surface area (Å²) in [5.41, 5.74) is 6.65. The number of aliphatic hydroxyl groups is 1. The molecule has 1 aromatic carbocycles. The number of Topliss-reactive ketones (excluding diaryl/α,β-unsaturated/α-hetero) is 1. The molecule has 6 heteroatoms. The number of hydrogen-bond donors (Lipinski definition) is 2. The van der Waals surface area contributed by atoms with Gasteiger partial charge in [-0.2, -0.15) is 0 Å². The summed E-state index contributed by atoms with van der Waals surface area (Å²) < 4.78 is 10.2. The molecule has 0 radical (unpaired) electrons. The Morgan fingerprint density at radius 2 is 1.57 bits per heavy atom. The van der Waals surface area contributed by atoms with Crippen molar-refractivity contribution in [1.82, 2.24) is 0 Å². The fraction of sp³-hybridized carbons (Fsp3) is 0.667. The van der Waals surface area contributed by atoms with Crippen LogP contribution in [-0.4, -0.2) is 42.7 Å². The lowest BCUT2D eigenvalue weighted by Crippen LogP contribution is -2.30. The number of aliphatic hydroxyl groups excluding tert-OH is 1. The van der Waals surface area contributed by atoms with E-state index >= 15 is 0 Å². The van der Waals surface area contributed by atoms with Gasteiger partial charge in [0.1, 0.15) is 18.1 Å². The summed E-state index contributed by atoms with van der Waals surface area (Å²) in [6.07, 6.45) is 4.59. The van der Waals surface area contributed by atoms with Crippen LogP contribution in [0.25, 0.3) is 0 Å².